The minimum absolute atomic E-state index is 0.240. The molecule has 5 nitrogen and oxygen atoms in total. The van der Waals surface area contributed by atoms with Gasteiger partial charge in [-0.25, -0.2) is 0 Å². The molecule has 0 saturated carbocycles. The van der Waals surface area contributed by atoms with Crippen molar-refractivity contribution >= 4 is 27.5 Å². The number of methoxy groups -OCH3 is 1. The summed E-state index contributed by atoms with van der Waals surface area (Å²) < 4.78 is 35.6. The Hall–Kier alpha value is -4.29. The van der Waals surface area contributed by atoms with Crippen LogP contribution < -0.4 is 4.74 Å². The Morgan fingerprint density at radius 2 is 1.38 bits per heavy atom. The lowest BCUT2D eigenvalue weighted by Gasteiger charge is -2.40. The van der Waals surface area contributed by atoms with Gasteiger partial charge in [-0.1, -0.05) is 72.3 Å². The van der Waals surface area contributed by atoms with Crippen LogP contribution in [-0.2, 0) is 10.0 Å². The van der Waals surface area contributed by atoms with Crippen molar-refractivity contribution in [2.45, 2.75) is 17.9 Å². The van der Waals surface area contributed by atoms with E-state index < -0.39 is 10.0 Å². The van der Waals surface area contributed by atoms with Crippen molar-refractivity contribution < 1.29 is 13.2 Å². The van der Waals surface area contributed by atoms with Gasteiger partial charge in [0.25, 0.3) is 10.0 Å². The molecule has 6 rings (SSSR count). The SMILES string of the molecule is COc1ccc(C2=CC3c4ccccc4C=C(c4ccccc4)N3N2S(=O)(=O)c2ccc(C)cc2)cc1. The van der Waals surface area contributed by atoms with Crippen molar-refractivity contribution in [1.29, 1.82) is 0 Å². The van der Waals surface area contributed by atoms with E-state index in [4.69, 9.17) is 4.74 Å². The summed E-state index contributed by atoms with van der Waals surface area (Å²) in [5.41, 5.74) is 6.27. The van der Waals surface area contributed by atoms with E-state index in [1.807, 2.05) is 96.9 Å². The summed E-state index contributed by atoms with van der Waals surface area (Å²) in [5.74, 6) is 0.711. The highest BCUT2D eigenvalue weighted by molar-refractivity contribution is 7.89. The third-order valence-corrected chi connectivity index (χ3v) is 8.53. The Bertz CT molecular complexity index is 1620. The lowest BCUT2D eigenvalue weighted by molar-refractivity contribution is 0.188. The number of benzene rings is 4. The topological polar surface area (TPSA) is 49.9 Å². The summed E-state index contributed by atoms with van der Waals surface area (Å²) in [7, 11) is -2.35. The summed E-state index contributed by atoms with van der Waals surface area (Å²) in [4.78, 5) is 0.240. The molecule has 0 amide bonds. The molecule has 0 aliphatic carbocycles. The van der Waals surface area contributed by atoms with Crippen molar-refractivity contribution in [2.75, 3.05) is 7.11 Å². The minimum atomic E-state index is -3.96. The van der Waals surface area contributed by atoms with E-state index >= 15 is 0 Å². The zero-order valence-corrected chi connectivity index (χ0v) is 21.4. The first kappa shape index (κ1) is 23.1. The van der Waals surface area contributed by atoms with Crippen molar-refractivity contribution in [3.05, 3.63) is 137 Å². The molecule has 4 aromatic carbocycles. The van der Waals surface area contributed by atoms with E-state index in [0.717, 1.165) is 33.5 Å². The maximum absolute atomic E-state index is 14.4. The lowest BCUT2D eigenvalue weighted by atomic mass is 9.93. The van der Waals surface area contributed by atoms with Gasteiger partial charge in [-0.2, -0.15) is 12.8 Å². The molecule has 2 aliphatic heterocycles. The highest BCUT2D eigenvalue weighted by atomic mass is 32.2. The largest absolute Gasteiger partial charge is 0.497 e. The number of hydrogen-bond donors (Lipinski definition) is 0. The molecule has 1 atom stereocenters. The van der Waals surface area contributed by atoms with Crippen LogP contribution in [0.15, 0.2) is 114 Å². The van der Waals surface area contributed by atoms with E-state index in [2.05, 4.69) is 18.2 Å². The van der Waals surface area contributed by atoms with Crippen LogP contribution in [0.3, 0.4) is 0 Å². The number of aryl methyl sites for hydroxylation is 1. The Morgan fingerprint density at radius 3 is 2.08 bits per heavy atom. The fraction of sp³-hybridized carbons (Fsp3) is 0.0968. The predicted octanol–water partition coefficient (Wildman–Crippen LogP) is 6.52. The fourth-order valence-corrected chi connectivity index (χ4v) is 6.48. The molecule has 4 aromatic rings. The molecule has 0 N–H and O–H groups in total. The molecule has 2 aliphatic rings. The molecule has 0 radical (unpaired) electrons. The van der Waals surface area contributed by atoms with Gasteiger partial charge in [0.15, 0.2) is 0 Å². The smallest absolute Gasteiger partial charge is 0.281 e. The first-order valence-corrected chi connectivity index (χ1v) is 13.5. The molecule has 0 saturated heterocycles. The van der Waals surface area contributed by atoms with Crippen LogP contribution in [0.5, 0.6) is 5.75 Å². The molecular formula is C31H26N2O3S. The molecule has 1 unspecified atom stereocenters. The van der Waals surface area contributed by atoms with Gasteiger partial charge in [0.1, 0.15) is 5.75 Å². The van der Waals surface area contributed by atoms with Crippen molar-refractivity contribution in [2.24, 2.45) is 0 Å². The molecule has 6 heteroatoms. The number of rotatable bonds is 5. The second kappa shape index (κ2) is 8.98. The summed E-state index contributed by atoms with van der Waals surface area (Å²) in [6.45, 7) is 1.95. The molecular weight excluding hydrogens is 480 g/mol. The third-order valence-electron chi connectivity index (χ3n) is 6.84. The monoisotopic (exact) mass is 506 g/mol. The van der Waals surface area contributed by atoms with E-state index in [0.29, 0.717) is 11.4 Å². The lowest BCUT2D eigenvalue weighted by Crippen LogP contribution is -2.42. The van der Waals surface area contributed by atoms with Gasteiger partial charge in [-0.05, 0) is 72.2 Å². The van der Waals surface area contributed by atoms with Crippen LogP contribution >= 0.6 is 0 Å². The Kier molecular flexibility index (Phi) is 5.61. The minimum Gasteiger partial charge on any atom is -0.497 e. The first-order valence-electron chi connectivity index (χ1n) is 12.1. The maximum atomic E-state index is 14.4. The number of fused-ring (bicyclic) bond motifs is 3. The molecule has 2 heterocycles. The fourth-order valence-electron chi connectivity index (χ4n) is 4.96. The van der Waals surface area contributed by atoms with Crippen LogP contribution in [-0.4, -0.2) is 25.0 Å². The molecule has 184 valence electrons. The van der Waals surface area contributed by atoms with Crippen molar-refractivity contribution in [3.8, 4) is 5.75 Å². The molecule has 0 fully saturated rings. The Balaban J connectivity index is 1.60. The molecule has 0 spiro atoms. The second-order valence-corrected chi connectivity index (χ2v) is 10.9. The zero-order chi connectivity index (χ0) is 25.6. The van der Waals surface area contributed by atoms with Gasteiger partial charge in [0.2, 0.25) is 0 Å². The standard InChI is InChI=1S/C31H26N2O3S/c1-22-12-18-27(19-13-22)37(34,35)33-30(24-14-16-26(36-2)17-15-24)21-31-28-11-7-6-10-25(28)20-29(32(31)33)23-8-4-3-5-9-23/h3-21,31H,1-2H3. The maximum Gasteiger partial charge on any atom is 0.281 e. The summed E-state index contributed by atoms with van der Waals surface area (Å²) in [6.07, 6.45) is 4.12. The summed E-state index contributed by atoms with van der Waals surface area (Å²) in [5, 5.41) is 1.91. The predicted molar refractivity (Wildman–Crippen MR) is 147 cm³/mol. The van der Waals surface area contributed by atoms with Gasteiger partial charge in [0.05, 0.1) is 29.4 Å². The van der Waals surface area contributed by atoms with Crippen molar-refractivity contribution in [1.82, 2.24) is 9.42 Å². The van der Waals surface area contributed by atoms with Crippen LogP contribution in [0.1, 0.15) is 33.9 Å². The molecule has 0 aromatic heterocycles. The number of hydrogen-bond acceptors (Lipinski definition) is 4. The zero-order valence-electron chi connectivity index (χ0n) is 20.6. The van der Waals surface area contributed by atoms with Crippen molar-refractivity contribution in [3.63, 3.8) is 0 Å². The summed E-state index contributed by atoms with van der Waals surface area (Å²) in [6, 6.07) is 32.3. The average Bonchev–Trinajstić information content (AvgIpc) is 3.35. The molecule has 37 heavy (non-hydrogen) atoms. The van der Waals surface area contributed by atoms with Gasteiger partial charge >= 0.3 is 0 Å². The van der Waals surface area contributed by atoms with Gasteiger partial charge in [-0.3, -0.25) is 5.01 Å². The molecule has 0 bridgehead atoms. The Labute approximate surface area is 217 Å². The Morgan fingerprint density at radius 1 is 0.730 bits per heavy atom. The third kappa shape index (κ3) is 3.90. The van der Waals surface area contributed by atoms with E-state index in [9.17, 15) is 8.42 Å². The van der Waals surface area contributed by atoms with Gasteiger partial charge in [0, 0.05) is 5.56 Å². The number of sulfonamides is 1. The van der Waals surface area contributed by atoms with Crippen LogP contribution in [0.2, 0.25) is 0 Å². The normalized spacial score (nSPS) is 16.5. The summed E-state index contributed by atoms with van der Waals surface area (Å²) >= 11 is 0. The highest BCUT2D eigenvalue weighted by Gasteiger charge is 2.45. The average molecular weight is 507 g/mol. The van der Waals surface area contributed by atoms with E-state index in [-0.39, 0.29) is 10.9 Å². The number of nitrogens with zero attached hydrogens (tertiary/aromatic N) is 2. The second-order valence-electron chi connectivity index (χ2n) is 9.16. The van der Waals surface area contributed by atoms with Gasteiger partial charge in [-0.15, -0.1) is 0 Å². The van der Waals surface area contributed by atoms with E-state index in [1.165, 1.54) is 4.41 Å². The number of ether oxygens (including phenoxy) is 1. The first-order chi connectivity index (χ1) is 18.0. The van der Waals surface area contributed by atoms with Crippen LogP contribution in [0.25, 0.3) is 17.5 Å². The quantitative estimate of drug-likeness (QED) is 0.309. The highest BCUT2D eigenvalue weighted by Crippen LogP contribution is 2.50. The van der Waals surface area contributed by atoms with E-state index in [1.54, 1.807) is 19.2 Å². The van der Waals surface area contributed by atoms with Crippen LogP contribution in [0.4, 0.5) is 0 Å². The van der Waals surface area contributed by atoms with Gasteiger partial charge < -0.3 is 4.74 Å². The number of hydrazine groups is 1. The van der Waals surface area contributed by atoms with Crippen LogP contribution in [0, 0.1) is 6.92 Å².